The van der Waals surface area contributed by atoms with E-state index in [0.717, 1.165) is 0 Å². The zero-order valence-electron chi connectivity index (χ0n) is 16.1. The first kappa shape index (κ1) is 19.1. The molecule has 0 amide bonds. The molecule has 1 N–H and O–H groups in total. The van der Waals surface area contributed by atoms with Crippen LogP contribution in [0.3, 0.4) is 0 Å². The van der Waals surface area contributed by atoms with E-state index in [2.05, 4.69) is 4.99 Å². The number of aliphatic imine (C=N–C) groups is 1. The molecule has 4 rings (SSSR count). The zero-order chi connectivity index (χ0) is 21.3. The second-order valence-electron chi connectivity index (χ2n) is 6.75. The van der Waals surface area contributed by atoms with Crippen molar-refractivity contribution in [2.75, 3.05) is 0 Å². The molecule has 0 aliphatic heterocycles. The maximum absolute atomic E-state index is 13.4. The Kier molecular flexibility index (Phi) is 4.90. The fourth-order valence-corrected chi connectivity index (χ4v) is 3.42. The Hall–Kier alpha value is -4.19. The van der Waals surface area contributed by atoms with E-state index in [-0.39, 0.29) is 16.8 Å². The Morgan fingerprint density at radius 1 is 0.967 bits per heavy atom. The van der Waals surface area contributed by atoms with Crippen molar-refractivity contribution >= 4 is 28.3 Å². The fourth-order valence-electron chi connectivity index (χ4n) is 3.42. The first-order valence-corrected chi connectivity index (χ1v) is 9.26. The van der Waals surface area contributed by atoms with Gasteiger partial charge in [-0.25, -0.2) is 4.79 Å². The SMILES string of the molecule is CC(=Nc1cccc(C(=O)O)c1)c1c([O-])c2ccccc2n(-c2ccccc2)c1=O. The summed E-state index contributed by atoms with van der Waals surface area (Å²) in [6, 6.07) is 22.1. The average Bonchev–Trinajstić information content (AvgIpc) is 2.75. The van der Waals surface area contributed by atoms with Crippen LogP contribution in [0.15, 0.2) is 88.6 Å². The van der Waals surface area contributed by atoms with Crippen molar-refractivity contribution in [3.05, 3.63) is 100 Å². The third-order valence-electron chi connectivity index (χ3n) is 4.80. The van der Waals surface area contributed by atoms with Gasteiger partial charge >= 0.3 is 5.97 Å². The molecule has 0 aliphatic rings. The lowest BCUT2D eigenvalue weighted by atomic mass is 10.1. The molecule has 0 fully saturated rings. The number of rotatable bonds is 4. The summed E-state index contributed by atoms with van der Waals surface area (Å²) in [5, 5.41) is 22.7. The van der Waals surface area contributed by atoms with E-state index in [0.29, 0.717) is 22.3 Å². The lowest BCUT2D eigenvalue weighted by Gasteiger charge is -2.20. The van der Waals surface area contributed by atoms with Gasteiger partial charge in [-0.1, -0.05) is 48.2 Å². The molecule has 0 radical (unpaired) electrons. The molecule has 0 aliphatic carbocycles. The first-order chi connectivity index (χ1) is 14.5. The Morgan fingerprint density at radius 3 is 2.40 bits per heavy atom. The summed E-state index contributed by atoms with van der Waals surface area (Å²) in [5.74, 6) is -1.48. The molecular formula is C24H17N2O4-. The molecule has 0 spiro atoms. The standard InChI is InChI=1S/C24H18N2O4/c1-15(25-17-9-7-8-16(14-17)24(29)30)21-22(27)19-12-5-6-13-20(19)26(23(21)28)18-10-3-2-4-11-18/h2-14,27H,1H3,(H,29,30)/p-1. The average molecular weight is 397 g/mol. The molecule has 0 bridgehead atoms. The van der Waals surface area contributed by atoms with Crippen LogP contribution < -0.4 is 10.7 Å². The topological polar surface area (TPSA) is 94.7 Å². The first-order valence-electron chi connectivity index (χ1n) is 9.26. The molecule has 1 heterocycles. The number of pyridine rings is 1. The van der Waals surface area contributed by atoms with E-state index in [1.165, 1.54) is 16.7 Å². The molecule has 0 unspecified atom stereocenters. The summed E-state index contributed by atoms with van der Waals surface area (Å²) in [6.07, 6.45) is 0. The van der Waals surface area contributed by atoms with Gasteiger partial charge in [0, 0.05) is 5.69 Å². The number of aromatic carboxylic acids is 1. The van der Waals surface area contributed by atoms with Crippen LogP contribution in [-0.4, -0.2) is 21.4 Å². The highest BCUT2D eigenvalue weighted by atomic mass is 16.4. The maximum Gasteiger partial charge on any atom is 0.335 e. The van der Waals surface area contributed by atoms with Crippen molar-refractivity contribution < 1.29 is 15.0 Å². The smallest absolute Gasteiger partial charge is 0.335 e. The van der Waals surface area contributed by atoms with Crippen LogP contribution in [0, 0.1) is 0 Å². The van der Waals surface area contributed by atoms with Gasteiger partial charge in [0.1, 0.15) is 0 Å². The molecular weight excluding hydrogens is 380 g/mol. The largest absolute Gasteiger partial charge is 0.871 e. The molecule has 6 nitrogen and oxygen atoms in total. The van der Waals surface area contributed by atoms with E-state index in [9.17, 15) is 19.8 Å². The van der Waals surface area contributed by atoms with Gasteiger partial charge < -0.3 is 10.2 Å². The molecule has 1 aromatic heterocycles. The molecule has 0 saturated heterocycles. The van der Waals surface area contributed by atoms with Gasteiger partial charge in [0.2, 0.25) is 0 Å². The summed E-state index contributed by atoms with van der Waals surface area (Å²) >= 11 is 0. The summed E-state index contributed by atoms with van der Waals surface area (Å²) in [7, 11) is 0. The molecule has 0 atom stereocenters. The van der Waals surface area contributed by atoms with E-state index >= 15 is 0 Å². The monoisotopic (exact) mass is 397 g/mol. The highest BCUT2D eigenvalue weighted by Gasteiger charge is 2.15. The maximum atomic E-state index is 13.4. The number of fused-ring (bicyclic) bond motifs is 1. The normalized spacial score (nSPS) is 11.6. The number of carboxylic acid groups (broad SMARTS) is 1. The van der Waals surface area contributed by atoms with Crippen LogP contribution >= 0.6 is 0 Å². The number of carbonyl (C=O) groups is 1. The van der Waals surface area contributed by atoms with Gasteiger partial charge in [0.05, 0.1) is 28.0 Å². The minimum absolute atomic E-state index is 0.0433. The summed E-state index contributed by atoms with van der Waals surface area (Å²) in [5.41, 5.74) is 1.29. The van der Waals surface area contributed by atoms with Crippen molar-refractivity contribution in [3.63, 3.8) is 0 Å². The van der Waals surface area contributed by atoms with E-state index in [1.807, 2.05) is 18.2 Å². The Balaban J connectivity index is 1.99. The van der Waals surface area contributed by atoms with Crippen LogP contribution in [0.5, 0.6) is 5.75 Å². The molecule has 148 valence electrons. The fraction of sp³-hybridized carbons (Fsp3) is 0.0417. The summed E-state index contributed by atoms with van der Waals surface area (Å²) in [6.45, 7) is 1.58. The van der Waals surface area contributed by atoms with Gasteiger partial charge in [0.25, 0.3) is 5.56 Å². The van der Waals surface area contributed by atoms with Gasteiger partial charge in [-0.2, -0.15) is 0 Å². The third-order valence-corrected chi connectivity index (χ3v) is 4.80. The predicted octanol–water partition coefficient (Wildman–Crippen LogP) is 3.90. The van der Waals surface area contributed by atoms with Crippen LogP contribution in [-0.2, 0) is 0 Å². The van der Waals surface area contributed by atoms with E-state index < -0.39 is 17.3 Å². The number of benzene rings is 3. The molecule has 0 saturated carbocycles. The lowest BCUT2D eigenvalue weighted by Crippen LogP contribution is -2.27. The number of hydrogen-bond donors (Lipinski definition) is 1. The van der Waals surface area contributed by atoms with Crippen molar-refractivity contribution in [3.8, 4) is 11.4 Å². The molecule has 3 aromatic carbocycles. The summed E-state index contributed by atoms with van der Waals surface area (Å²) < 4.78 is 1.50. The second-order valence-corrected chi connectivity index (χ2v) is 6.75. The Labute approximate surface area is 172 Å². The third kappa shape index (κ3) is 3.35. The summed E-state index contributed by atoms with van der Waals surface area (Å²) in [4.78, 5) is 29.0. The van der Waals surface area contributed by atoms with E-state index in [4.69, 9.17) is 0 Å². The Morgan fingerprint density at radius 2 is 1.67 bits per heavy atom. The van der Waals surface area contributed by atoms with Crippen LogP contribution in [0.1, 0.15) is 22.8 Å². The number of hydrogen-bond acceptors (Lipinski definition) is 4. The molecule has 30 heavy (non-hydrogen) atoms. The Bertz CT molecular complexity index is 1360. The van der Waals surface area contributed by atoms with Crippen molar-refractivity contribution in [1.82, 2.24) is 4.57 Å². The minimum Gasteiger partial charge on any atom is -0.871 e. The highest BCUT2D eigenvalue weighted by Crippen LogP contribution is 2.27. The van der Waals surface area contributed by atoms with E-state index in [1.54, 1.807) is 55.5 Å². The van der Waals surface area contributed by atoms with Gasteiger partial charge in [-0.3, -0.25) is 14.4 Å². The van der Waals surface area contributed by atoms with Crippen molar-refractivity contribution in [2.24, 2.45) is 4.99 Å². The minimum atomic E-state index is -1.08. The predicted molar refractivity (Wildman–Crippen MR) is 114 cm³/mol. The number of aromatic nitrogens is 1. The van der Waals surface area contributed by atoms with Crippen molar-refractivity contribution in [2.45, 2.75) is 6.92 Å². The van der Waals surface area contributed by atoms with Gasteiger partial charge in [-0.05, 0) is 48.7 Å². The highest BCUT2D eigenvalue weighted by molar-refractivity contribution is 6.06. The number of para-hydroxylation sites is 2. The van der Waals surface area contributed by atoms with Crippen LogP contribution in [0.4, 0.5) is 5.69 Å². The molecule has 6 heteroatoms. The quantitative estimate of drug-likeness (QED) is 0.528. The lowest BCUT2D eigenvalue weighted by molar-refractivity contribution is -0.266. The zero-order valence-corrected chi connectivity index (χ0v) is 16.1. The van der Waals surface area contributed by atoms with Crippen LogP contribution in [0.25, 0.3) is 16.6 Å². The number of carboxylic acids is 1. The van der Waals surface area contributed by atoms with Gasteiger partial charge in [0.15, 0.2) is 0 Å². The van der Waals surface area contributed by atoms with Crippen molar-refractivity contribution in [1.29, 1.82) is 0 Å². The molecule has 4 aromatic rings. The second kappa shape index (κ2) is 7.67. The van der Waals surface area contributed by atoms with Crippen LogP contribution in [0.2, 0.25) is 0 Å². The van der Waals surface area contributed by atoms with Gasteiger partial charge in [-0.15, -0.1) is 0 Å². The number of nitrogens with zero attached hydrogens (tertiary/aromatic N) is 2.